The molecular weight excluding hydrogens is 380 g/mol. The molecule has 0 unspecified atom stereocenters. The molecule has 7 heteroatoms. The maximum atomic E-state index is 10.7. The summed E-state index contributed by atoms with van der Waals surface area (Å²) in [4.78, 5) is -2.30. The maximum absolute atomic E-state index is 10.7. The van der Waals surface area contributed by atoms with Crippen molar-refractivity contribution in [3.8, 4) is 0 Å². The van der Waals surface area contributed by atoms with Crippen molar-refractivity contribution in [1.82, 2.24) is 0 Å². The van der Waals surface area contributed by atoms with Gasteiger partial charge in [-0.15, -0.1) is 11.8 Å². The topological polar surface area (TPSA) is 121 Å². The fourth-order valence-corrected chi connectivity index (χ4v) is 3.22. The second-order valence-corrected chi connectivity index (χ2v) is 7.23. The Balaban J connectivity index is 2.23. The van der Waals surface area contributed by atoms with Gasteiger partial charge in [-0.05, 0) is 29.5 Å². The van der Waals surface area contributed by atoms with Crippen LogP contribution in [0.2, 0.25) is 0 Å². The highest BCUT2D eigenvalue weighted by Crippen LogP contribution is 2.34. The Kier molecular flexibility index (Phi) is 7.68. The van der Waals surface area contributed by atoms with Crippen LogP contribution < -0.4 is 0 Å². The van der Waals surface area contributed by atoms with Gasteiger partial charge in [0.2, 0.25) is 0 Å². The van der Waals surface area contributed by atoms with E-state index in [0.29, 0.717) is 22.9 Å². The van der Waals surface area contributed by atoms with Crippen molar-refractivity contribution in [3.05, 3.63) is 83.3 Å². The predicted octanol–water partition coefficient (Wildman–Crippen LogP) is 2.32. The van der Waals surface area contributed by atoms with E-state index in [4.69, 9.17) is 0 Å². The second kappa shape index (κ2) is 9.77. The third kappa shape index (κ3) is 5.15. The summed E-state index contributed by atoms with van der Waals surface area (Å²) < 4.78 is 0. The van der Waals surface area contributed by atoms with E-state index < -0.39 is 34.8 Å². The first kappa shape index (κ1) is 22.0. The van der Waals surface area contributed by atoms with E-state index in [1.54, 1.807) is 60.7 Å². The molecule has 0 aliphatic rings. The maximum Gasteiger partial charge on any atom is 0.196 e. The molecule has 2 aromatic carbocycles. The number of thioether (sulfide) groups is 1. The van der Waals surface area contributed by atoms with E-state index in [1.165, 1.54) is 18.4 Å². The molecule has 0 spiro atoms. The molecule has 0 saturated carbocycles. The highest BCUT2D eigenvalue weighted by Gasteiger charge is 2.46. The average Bonchev–Trinajstić information content (AvgIpc) is 2.72. The zero-order valence-corrected chi connectivity index (χ0v) is 16.1. The minimum atomic E-state index is -2.30. The van der Waals surface area contributed by atoms with Gasteiger partial charge in [0.15, 0.2) is 4.93 Å². The van der Waals surface area contributed by atoms with Gasteiger partial charge in [0.05, 0.1) is 0 Å². The summed E-state index contributed by atoms with van der Waals surface area (Å²) in [5.74, 6) is -1.19. The summed E-state index contributed by atoms with van der Waals surface area (Å²) in [6, 6.07) is 17.2. The van der Waals surface area contributed by atoms with Crippen LogP contribution in [0.5, 0.6) is 0 Å². The first-order valence-corrected chi connectivity index (χ1v) is 9.75. The van der Waals surface area contributed by atoms with E-state index in [1.807, 2.05) is 0 Å². The van der Waals surface area contributed by atoms with Crippen molar-refractivity contribution in [3.63, 3.8) is 0 Å². The number of aliphatic hydroxyl groups is 6. The second-order valence-electron chi connectivity index (χ2n) is 6.20. The Morgan fingerprint density at radius 1 is 0.857 bits per heavy atom. The van der Waals surface area contributed by atoms with Gasteiger partial charge in [0.1, 0.15) is 29.8 Å². The number of rotatable bonds is 8. The van der Waals surface area contributed by atoms with Crippen LogP contribution >= 0.6 is 11.8 Å². The summed E-state index contributed by atoms with van der Waals surface area (Å²) in [5, 5.41) is 62.1. The largest absolute Gasteiger partial charge is 0.509 e. The quantitative estimate of drug-likeness (QED) is 0.295. The van der Waals surface area contributed by atoms with Crippen molar-refractivity contribution in [2.24, 2.45) is 0 Å². The number of hydrogen-bond acceptors (Lipinski definition) is 7. The lowest BCUT2D eigenvalue weighted by molar-refractivity contribution is -0.111. The Morgan fingerprint density at radius 2 is 1.32 bits per heavy atom. The smallest absolute Gasteiger partial charge is 0.196 e. The molecule has 0 fully saturated rings. The molecule has 6 nitrogen and oxygen atoms in total. The highest BCUT2D eigenvalue weighted by molar-refractivity contribution is 8.00. The Hall–Kier alpha value is -2.29. The summed E-state index contributed by atoms with van der Waals surface area (Å²) in [5.41, 5.74) is 1.15. The third-order valence-electron chi connectivity index (χ3n) is 4.25. The van der Waals surface area contributed by atoms with E-state index in [0.717, 1.165) is 0 Å². The van der Waals surface area contributed by atoms with Crippen molar-refractivity contribution >= 4 is 23.9 Å². The summed E-state index contributed by atoms with van der Waals surface area (Å²) in [6.07, 6.45) is -1.93. The average molecular weight is 404 g/mol. The third-order valence-corrected chi connectivity index (χ3v) is 5.32. The van der Waals surface area contributed by atoms with Gasteiger partial charge in [-0.2, -0.15) is 0 Å². The van der Waals surface area contributed by atoms with Gasteiger partial charge in [-0.3, -0.25) is 0 Å². The molecule has 4 atom stereocenters. The molecule has 0 aliphatic carbocycles. The van der Waals surface area contributed by atoms with Crippen LogP contribution in [-0.2, 0) is 0 Å². The molecule has 0 aromatic heterocycles. The van der Waals surface area contributed by atoms with E-state index in [9.17, 15) is 30.6 Å². The molecule has 0 saturated heterocycles. The minimum Gasteiger partial charge on any atom is -0.509 e. The number of benzene rings is 2. The molecular formula is C21H24O6S. The molecule has 6 N–H and O–H groups in total. The zero-order chi connectivity index (χ0) is 20.7. The van der Waals surface area contributed by atoms with Crippen LogP contribution in [0, 0.1) is 0 Å². The summed E-state index contributed by atoms with van der Waals surface area (Å²) >= 11 is 0.684. The van der Waals surface area contributed by atoms with E-state index >= 15 is 0 Å². The van der Waals surface area contributed by atoms with Gasteiger partial charge in [0, 0.05) is 0 Å². The standard InChI is InChI=1S/C21H24O6S/c1-28-21(27,17(23)13-15-10-6-3-7-11-15)20(26)19(25)18(24)16(22)12-14-8-4-2-5-9-14/h2-13,18-20,22-27H,1H3/t18-,19-,20+,21-/m1/s1. The summed E-state index contributed by atoms with van der Waals surface area (Å²) in [7, 11) is 0. The fraction of sp³-hybridized carbons (Fsp3) is 0.238. The van der Waals surface area contributed by atoms with Crippen LogP contribution in [0.1, 0.15) is 11.1 Å². The van der Waals surface area contributed by atoms with Crippen LogP contribution in [0.15, 0.2) is 72.2 Å². The van der Waals surface area contributed by atoms with E-state index in [2.05, 4.69) is 0 Å². The van der Waals surface area contributed by atoms with Crippen molar-refractivity contribution < 1.29 is 30.6 Å². The monoisotopic (exact) mass is 404 g/mol. The highest BCUT2D eigenvalue weighted by atomic mass is 32.2. The number of hydrogen-bond donors (Lipinski definition) is 6. The Morgan fingerprint density at radius 3 is 1.79 bits per heavy atom. The molecule has 0 aliphatic heterocycles. The summed E-state index contributed by atoms with van der Waals surface area (Å²) in [6.45, 7) is 0. The molecule has 150 valence electrons. The Labute approximate surface area is 167 Å². The van der Waals surface area contributed by atoms with Gasteiger partial charge in [0.25, 0.3) is 0 Å². The van der Waals surface area contributed by atoms with Crippen molar-refractivity contribution in [1.29, 1.82) is 0 Å². The van der Waals surface area contributed by atoms with Crippen LogP contribution in [-0.4, -0.2) is 60.1 Å². The molecule has 0 heterocycles. The van der Waals surface area contributed by atoms with Crippen LogP contribution in [0.25, 0.3) is 12.2 Å². The van der Waals surface area contributed by atoms with E-state index in [-0.39, 0.29) is 0 Å². The van der Waals surface area contributed by atoms with Crippen LogP contribution in [0.3, 0.4) is 0 Å². The minimum absolute atomic E-state index is 0.571. The van der Waals surface area contributed by atoms with Crippen molar-refractivity contribution in [2.45, 2.75) is 23.2 Å². The molecule has 0 amide bonds. The predicted molar refractivity (Wildman–Crippen MR) is 111 cm³/mol. The molecule has 0 bridgehead atoms. The van der Waals surface area contributed by atoms with Crippen LogP contribution in [0.4, 0.5) is 0 Å². The first-order chi connectivity index (χ1) is 13.3. The molecule has 2 aromatic rings. The van der Waals surface area contributed by atoms with Gasteiger partial charge >= 0.3 is 0 Å². The van der Waals surface area contributed by atoms with Gasteiger partial charge in [-0.25, -0.2) is 0 Å². The lowest BCUT2D eigenvalue weighted by Crippen LogP contribution is -2.52. The lowest BCUT2D eigenvalue weighted by atomic mass is 9.98. The Bertz CT molecular complexity index is 808. The van der Waals surface area contributed by atoms with Gasteiger partial charge < -0.3 is 30.6 Å². The normalized spacial score (nSPS) is 18.2. The fourth-order valence-electron chi connectivity index (χ4n) is 2.57. The lowest BCUT2D eigenvalue weighted by Gasteiger charge is -2.34. The van der Waals surface area contributed by atoms with Crippen molar-refractivity contribution in [2.75, 3.05) is 6.26 Å². The van der Waals surface area contributed by atoms with Gasteiger partial charge in [-0.1, -0.05) is 60.7 Å². The zero-order valence-electron chi connectivity index (χ0n) is 15.3. The molecule has 0 radical (unpaired) electrons. The SMILES string of the molecule is CS[C@](O)(C(O)=Cc1ccccc1)[C@@H](O)[C@H](O)[C@H](O)C(O)=Cc1ccccc1. The number of aliphatic hydroxyl groups excluding tert-OH is 5. The molecule has 2 rings (SSSR count). The first-order valence-electron chi connectivity index (χ1n) is 8.53. The molecule has 28 heavy (non-hydrogen) atoms.